The monoisotopic (exact) mass is 650 g/mol. The van der Waals surface area contributed by atoms with Crippen molar-refractivity contribution < 1.29 is 47.7 Å². The molecule has 270 valence electrons. The summed E-state index contributed by atoms with van der Waals surface area (Å²) >= 11 is 0. The third-order valence-corrected chi connectivity index (χ3v) is 7.48. The molecule has 0 amide bonds. The first kappa shape index (κ1) is 42.6. The van der Waals surface area contributed by atoms with E-state index in [1.807, 2.05) is 48.5 Å². The minimum Gasteiger partial charge on any atom is -0.341 e. The molecule has 1 saturated carbocycles. The molecule has 10 heteroatoms. The quantitative estimate of drug-likeness (QED) is 0.0340. The van der Waals surface area contributed by atoms with Crippen molar-refractivity contribution in [3.8, 4) is 0 Å². The molecule has 0 bridgehead atoms. The molecule has 0 aromatic rings. The molecule has 5 unspecified atom stereocenters. The molecule has 5 atom stereocenters. The molecule has 0 aromatic heterocycles. The Bertz CT molecular complexity index is 761. The van der Waals surface area contributed by atoms with Crippen molar-refractivity contribution in [1.29, 1.82) is 0 Å². The van der Waals surface area contributed by atoms with Gasteiger partial charge in [0.1, 0.15) is 0 Å². The van der Waals surface area contributed by atoms with Gasteiger partial charge in [0.2, 0.25) is 0 Å². The summed E-state index contributed by atoms with van der Waals surface area (Å²) in [6.45, 7) is 24.5. The van der Waals surface area contributed by atoms with Crippen LogP contribution in [-0.2, 0) is 47.7 Å². The SMILES string of the molecule is CCCCCOC1(OOCCCCCC(OC)(OCC)OCCC)C(OCCCC)(OC(C)C)C1(OC(C)CC)OC(C)(C)C. The van der Waals surface area contributed by atoms with Crippen LogP contribution in [-0.4, -0.2) is 81.3 Å². The summed E-state index contributed by atoms with van der Waals surface area (Å²) in [6, 6.07) is 0. The van der Waals surface area contributed by atoms with Gasteiger partial charge >= 0.3 is 5.79 Å². The smallest absolute Gasteiger partial charge is 0.322 e. The molecule has 0 N–H and O–H groups in total. The van der Waals surface area contributed by atoms with Crippen molar-refractivity contribution >= 4 is 0 Å². The number of methoxy groups -OCH3 is 1. The van der Waals surface area contributed by atoms with Gasteiger partial charge in [-0.25, -0.2) is 4.89 Å². The molecule has 1 fully saturated rings. The zero-order chi connectivity index (χ0) is 34.0. The van der Waals surface area contributed by atoms with E-state index in [1.165, 1.54) is 0 Å². The largest absolute Gasteiger partial charge is 0.341 e. The predicted octanol–water partition coefficient (Wildman–Crippen LogP) is 8.44. The van der Waals surface area contributed by atoms with E-state index in [-0.39, 0.29) is 12.2 Å². The van der Waals surface area contributed by atoms with Crippen molar-refractivity contribution in [3.05, 3.63) is 0 Å². The Balaban J connectivity index is 3.28. The van der Waals surface area contributed by atoms with Gasteiger partial charge in [-0.05, 0) is 87.0 Å². The Kier molecular flexibility index (Phi) is 19.8. The van der Waals surface area contributed by atoms with E-state index in [1.54, 1.807) is 7.11 Å². The molecule has 1 aliphatic rings. The van der Waals surface area contributed by atoms with Gasteiger partial charge < -0.3 is 37.9 Å². The highest BCUT2D eigenvalue weighted by Crippen LogP contribution is 2.69. The maximum Gasteiger partial charge on any atom is 0.322 e. The van der Waals surface area contributed by atoms with Crippen LogP contribution in [0.2, 0.25) is 0 Å². The zero-order valence-electron chi connectivity index (χ0n) is 31.1. The van der Waals surface area contributed by atoms with Gasteiger partial charge in [0.15, 0.2) is 0 Å². The number of ether oxygens (including phenoxy) is 8. The fraction of sp³-hybridized carbons (Fsp3) is 1.00. The van der Waals surface area contributed by atoms with Crippen LogP contribution in [0.4, 0.5) is 0 Å². The molecule has 0 spiro atoms. The van der Waals surface area contributed by atoms with Crippen molar-refractivity contribution in [3.63, 3.8) is 0 Å². The van der Waals surface area contributed by atoms with Crippen molar-refractivity contribution in [1.82, 2.24) is 0 Å². The normalized spacial score (nSPS) is 25.5. The van der Waals surface area contributed by atoms with E-state index in [0.29, 0.717) is 39.5 Å². The second kappa shape index (κ2) is 20.9. The molecule has 10 nitrogen and oxygen atoms in total. The first-order valence-corrected chi connectivity index (χ1v) is 17.8. The standard InChI is InChI=1S/C35H70O10/c1-13-18-22-27-40-34(45-41-28-23-20-21-24-32(36-12,37-17-5)38-25-15-3)33(42-29(6)7,39-26-19-14-2)35(34,43-30(8)16-4)44-31(9,10)11/h29-30H,13-28H2,1-12H3. The average molecular weight is 651 g/mol. The number of hydrogen-bond donors (Lipinski definition) is 0. The minimum atomic E-state index is -1.60. The summed E-state index contributed by atoms with van der Waals surface area (Å²) in [5.41, 5.74) is -0.640. The molecule has 0 aromatic carbocycles. The van der Waals surface area contributed by atoms with Gasteiger partial charge in [-0.2, -0.15) is 4.89 Å². The molecule has 1 rings (SSSR count). The van der Waals surface area contributed by atoms with E-state index in [2.05, 4.69) is 27.7 Å². The maximum atomic E-state index is 6.79. The third kappa shape index (κ3) is 11.9. The van der Waals surface area contributed by atoms with Gasteiger partial charge in [0.25, 0.3) is 17.5 Å². The number of rotatable bonds is 29. The highest BCUT2D eigenvalue weighted by molar-refractivity contribution is 5.28. The van der Waals surface area contributed by atoms with Gasteiger partial charge in [-0.15, -0.1) is 0 Å². The second-order valence-corrected chi connectivity index (χ2v) is 13.2. The molecule has 1 aliphatic carbocycles. The van der Waals surface area contributed by atoms with Crippen LogP contribution in [0.5, 0.6) is 0 Å². The van der Waals surface area contributed by atoms with Crippen molar-refractivity contribution in [2.75, 3.05) is 40.1 Å². The van der Waals surface area contributed by atoms with Crippen LogP contribution in [0.15, 0.2) is 0 Å². The molecule has 0 heterocycles. The van der Waals surface area contributed by atoms with Gasteiger partial charge in [-0.1, -0.05) is 53.4 Å². The summed E-state index contributed by atoms with van der Waals surface area (Å²) < 4.78 is 50.9. The summed E-state index contributed by atoms with van der Waals surface area (Å²) in [5.74, 6) is -5.65. The number of hydrogen-bond acceptors (Lipinski definition) is 10. The van der Waals surface area contributed by atoms with Gasteiger partial charge in [0, 0.05) is 20.1 Å². The van der Waals surface area contributed by atoms with Crippen LogP contribution < -0.4 is 0 Å². The first-order valence-electron chi connectivity index (χ1n) is 17.8. The summed E-state index contributed by atoms with van der Waals surface area (Å²) in [5, 5.41) is 0. The van der Waals surface area contributed by atoms with E-state index in [9.17, 15) is 0 Å². The Morgan fingerprint density at radius 2 is 1.27 bits per heavy atom. The van der Waals surface area contributed by atoms with E-state index in [4.69, 9.17) is 47.7 Å². The summed E-state index contributed by atoms with van der Waals surface area (Å²) in [4.78, 5) is 12.3. The van der Waals surface area contributed by atoms with Crippen molar-refractivity contribution in [2.45, 2.75) is 188 Å². The Labute approximate surface area is 275 Å². The van der Waals surface area contributed by atoms with Crippen LogP contribution in [0, 0.1) is 0 Å². The highest BCUT2D eigenvalue weighted by Gasteiger charge is 3.00. The lowest BCUT2D eigenvalue weighted by Crippen LogP contribution is -2.44. The second-order valence-electron chi connectivity index (χ2n) is 13.2. The fourth-order valence-electron chi connectivity index (χ4n) is 5.16. The topological polar surface area (TPSA) is 92.3 Å². The van der Waals surface area contributed by atoms with Crippen LogP contribution in [0.3, 0.4) is 0 Å². The average Bonchev–Trinajstić information content (AvgIpc) is 3.40. The van der Waals surface area contributed by atoms with Crippen LogP contribution in [0.25, 0.3) is 0 Å². The van der Waals surface area contributed by atoms with Crippen molar-refractivity contribution in [2.24, 2.45) is 0 Å². The Morgan fingerprint density at radius 1 is 0.622 bits per heavy atom. The lowest BCUT2D eigenvalue weighted by atomic mass is 10.2. The third-order valence-electron chi connectivity index (χ3n) is 7.48. The lowest BCUT2D eigenvalue weighted by molar-refractivity contribution is -0.442. The molecule has 0 aliphatic heterocycles. The maximum absolute atomic E-state index is 6.79. The van der Waals surface area contributed by atoms with E-state index >= 15 is 0 Å². The van der Waals surface area contributed by atoms with E-state index < -0.39 is 28.9 Å². The van der Waals surface area contributed by atoms with Gasteiger partial charge in [0.05, 0.1) is 44.2 Å². The molecule has 45 heavy (non-hydrogen) atoms. The molecular formula is C35H70O10. The Hall–Kier alpha value is -0.400. The van der Waals surface area contributed by atoms with Crippen LogP contribution >= 0.6 is 0 Å². The van der Waals surface area contributed by atoms with Crippen LogP contribution in [0.1, 0.15) is 147 Å². The summed E-state index contributed by atoms with van der Waals surface area (Å²) in [6.07, 6.45) is 8.93. The van der Waals surface area contributed by atoms with Gasteiger partial charge in [-0.3, -0.25) is 0 Å². The summed E-state index contributed by atoms with van der Waals surface area (Å²) in [7, 11) is 1.62. The fourth-order valence-corrected chi connectivity index (χ4v) is 5.16. The molecule has 0 saturated heterocycles. The molecule has 0 radical (unpaired) electrons. The highest BCUT2D eigenvalue weighted by atomic mass is 17.2. The predicted molar refractivity (Wildman–Crippen MR) is 176 cm³/mol. The molecular weight excluding hydrogens is 580 g/mol. The lowest BCUT2D eigenvalue weighted by Gasteiger charge is -2.33. The zero-order valence-corrected chi connectivity index (χ0v) is 31.1. The van der Waals surface area contributed by atoms with E-state index in [0.717, 1.165) is 64.2 Å². The Morgan fingerprint density at radius 3 is 1.82 bits per heavy atom. The minimum absolute atomic E-state index is 0.191. The first-order chi connectivity index (χ1) is 21.3. The number of unbranched alkanes of at least 4 members (excludes halogenated alkanes) is 5.